The van der Waals surface area contributed by atoms with Crippen molar-refractivity contribution in [3.05, 3.63) is 47.2 Å². The van der Waals surface area contributed by atoms with Gasteiger partial charge in [0.05, 0.1) is 0 Å². The number of carboxylic acid groups (broad SMARTS) is 2. The molecule has 25 heavy (non-hydrogen) atoms. The van der Waals surface area contributed by atoms with Crippen molar-refractivity contribution >= 4 is 29.6 Å². The fraction of sp³-hybridized carbons (Fsp3) is 0.312. The largest absolute Gasteiger partial charge is 0.480 e. The number of carbonyl (C=O) groups excluding carboxylic acids is 1. The van der Waals surface area contributed by atoms with Gasteiger partial charge >= 0.3 is 11.9 Å². The Bertz CT molecular complexity index is 707. The molecule has 6 N–H and O–H groups in total. The van der Waals surface area contributed by atoms with E-state index >= 15 is 0 Å². The number of amides is 1. The van der Waals surface area contributed by atoms with Gasteiger partial charge in [0.1, 0.15) is 17.1 Å². The lowest BCUT2D eigenvalue weighted by atomic mass is 10.1. The van der Waals surface area contributed by atoms with Crippen LogP contribution in [0.1, 0.15) is 18.5 Å². The molecule has 8 nitrogen and oxygen atoms in total. The standard InChI is InChI=1S/C16H19N3O5S/c1-8-7-25-14(19-11(8)15(21)22)12(16(23)24)18-13(20)10(17)9-5-3-2-4-6-9/h2-6,10,12,14,19H,7,17H2,1H3,(H,18,20)(H,21,22)(H,23,24)/t10-,12+,14-/m1/s1. The van der Waals surface area contributed by atoms with E-state index < -0.39 is 35.3 Å². The first kappa shape index (κ1) is 18.8. The van der Waals surface area contributed by atoms with Crippen molar-refractivity contribution in [1.82, 2.24) is 10.6 Å². The summed E-state index contributed by atoms with van der Waals surface area (Å²) in [6, 6.07) is 6.22. The zero-order valence-corrected chi connectivity index (χ0v) is 14.2. The molecule has 3 atom stereocenters. The van der Waals surface area contributed by atoms with Crippen molar-refractivity contribution in [3.8, 4) is 0 Å². The minimum atomic E-state index is -1.32. The van der Waals surface area contributed by atoms with E-state index in [1.165, 1.54) is 11.8 Å². The first-order chi connectivity index (χ1) is 11.8. The molecule has 1 amide bonds. The van der Waals surface area contributed by atoms with Crippen LogP contribution in [0.25, 0.3) is 0 Å². The summed E-state index contributed by atoms with van der Waals surface area (Å²) in [6.45, 7) is 1.65. The summed E-state index contributed by atoms with van der Waals surface area (Å²) in [7, 11) is 0. The number of nitrogens with one attached hydrogen (secondary N) is 2. The third-order valence-corrected chi connectivity index (χ3v) is 5.06. The normalized spacial score (nSPS) is 19.5. The zero-order chi connectivity index (χ0) is 18.6. The molecule has 0 unspecified atom stereocenters. The maximum atomic E-state index is 12.3. The van der Waals surface area contributed by atoms with Crippen LogP contribution in [0.15, 0.2) is 41.6 Å². The van der Waals surface area contributed by atoms with E-state index in [0.717, 1.165) is 0 Å². The summed E-state index contributed by atoms with van der Waals surface area (Å²) in [6.07, 6.45) is 0. The minimum Gasteiger partial charge on any atom is -0.480 e. The summed E-state index contributed by atoms with van der Waals surface area (Å²) in [5.41, 5.74) is 6.99. The third-order valence-electron chi connectivity index (χ3n) is 3.71. The molecule has 0 radical (unpaired) electrons. The number of benzene rings is 1. The number of rotatable bonds is 6. The van der Waals surface area contributed by atoms with Crippen molar-refractivity contribution < 1.29 is 24.6 Å². The Morgan fingerprint density at radius 2 is 1.92 bits per heavy atom. The van der Waals surface area contributed by atoms with E-state index in [-0.39, 0.29) is 5.70 Å². The molecule has 0 saturated carbocycles. The lowest BCUT2D eigenvalue weighted by Crippen LogP contribution is -2.55. The molecule has 0 bridgehead atoms. The highest BCUT2D eigenvalue weighted by Crippen LogP contribution is 2.25. The van der Waals surface area contributed by atoms with Crippen molar-refractivity contribution in [2.24, 2.45) is 5.73 Å². The van der Waals surface area contributed by atoms with Crippen LogP contribution in [0.3, 0.4) is 0 Å². The minimum absolute atomic E-state index is 0.0448. The molecular weight excluding hydrogens is 346 g/mol. The fourth-order valence-electron chi connectivity index (χ4n) is 2.34. The first-order valence-corrected chi connectivity index (χ1v) is 8.51. The van der Waals surface area contributed by atoms with Gasteiger partial charge in [0.15, 0.2) is 6.04 Å². The highest BCUT2D eigenvalue weighted by atomic mass is 32.2. The zero-order valence-electron chi connectivity index (χ0n) is 13.4. The van der Waals surface area contributed by atoms with Crippen LogP contribution in [0.4, 0.5) is 0 Å². The number of hydrogen-bond donors (Lipinski definition) is 5. The molecule has 1 aromatic rings. The number of nitrogens with two attached hydrogens (primary N) is 1. The Hall–Kier alpha value is -2.52. The Kier molecular flexibility index (Phi) is 6.05. The lowest BCUT2D eigenvalue weighted by Gasteiger charge is -2.31. The van der Waals surface area contributed by atoms with Crippen LogP contribution < -0.4 is 16.4 Å². The van der Waals surface area contributed by atoms with Gasteiger partial charge in [-0.1, -0.05) is 30.3 Å². The van der Waals surface area contributed by atoms with E-state index in [2.05, 4.69) is 10.6 Å². The number of carbonyl (C=O) groups is 3. The number of thioether (sulfide) groups is 1. The van der Waals surface area contributed by atoms with E-state index in [0.29, 0.717) is 16.9 Å². The smallest absolute Gasteiger partial charge is 0.351 e. The highest BCUT2D eigenvalue weighted by Gasteiger charge is 2.35. The number of hydrogen-bond acceptors (Lipinski definition) is 6. The molecule has 0 aliphatic carbocycles. The molecule has 1 aromatic carbocycles. The second-order valence-electron chi connectivity index (χ2n) is 5.55. The summed E-state index contributed by atoms with van der Waals surface area (Å²) < 4.78 is 0. The molecule has 0 saturated heterocycles. The van der Waals surface area contributed by atoms with E-state index in [9.17, 15) is 24.6 Å². The molecule has 1 aliphatic heterocycles. The topological polar surface area (TPSA) is 142 Å². The maximum Gasteiger partial charge on any atom is 0.351 e. The van der Waals surface area contributed by atoms with Crippen LogP contribution in [-0.4, -0.2) is 45.2 Å². The monoisotopic (exact) mass is 365 g/mol. The maximum absolute atomic E-state index is 12.3. The molecule has 9 heteroatoms. The van der Waals surface area contributed by atoms with Gasteiger partial charge in [-0.05, 0) is 18.1 Å². The van der Waals surface area contributed by atoms with Gasteiger partial charge < -0.3 is 26.6 Å². The van der Waals surface area contributed by atoms with Crippen LogP contribution >= 0.6 is 11.8 Å². The summed E-state index contributed by atoms with van der Waals surface area (Å²) in [5.74, 6) is -2.74. The molecule has 0 fully saturated rings. The second-order valence-corrected chi connectivity index (χ2v) is 6.68. The number of aliphatic carboxylic acids is 2. The van der Waals surface area contributed by atoms with Gasteiger partial charge in [-0.2, -0.15) is 0 Å². The Morgan fingerprint density at radius 3 is 2.48 bits per heavy atom. The molecule has 1 heterocycles. The van der Waals surface area contributed by atoms with Crippen molar-refractivity contribution in [1.29, 1.82) is 0 Å². The third kappa shape index (κ3) is 4.52. The van der Waals surface area contributed by atoms with E-state index in [1.54, 1.807) is 37.3 Å². The Balaban J connectivity index is 2.13. The summed E-state index contributed by atoms with van der Waals surface area (Å²) in [5, 5.41) is 22.9. The average Bonchev–Trinajstić information content (AvgIpc) is 2.59. The Morgan fingerprint density at radius 1 is 1.28 bits per heavy atom. The van der Waals surface area contributed by atoms with Gasteiger partial charge in [-0.25, -0.2) is 9.59 Å². The Labute approximate surface area is 148 Å². The van der Waals surface area contributed by atoms with Crippen LogP contribution in [0.5, 0.6) is 0 Å². The second kappa shape index (κ2) is 8.04. The van der Waals surface area contributed by atoms with Gasteiger partial charge in [0.2, 0.25) is 5.91 Å². The van der Waals surface area contributed by atoms with Crippen molar-refractivity contribution in [2.45, 2.75) is 24.4 Å². The van der Waals surface area contributed by atoms with Gasteiger partial charge in [-0.3, -0.25) is 4.79 Å². The first-order valence-electron chi connectivity index (χ1n) is 7.46. The molecular formula is C16H19N3O5S. The lowest BCUT2D eigenvalue weighted by molar-refractivity contribution is -0.142. The predicted molar refractivity (Wildman–Crippen MR) is 92.7 cm³/mol. The quantitative estimate of drug-likeness (QED) is 0.484. The van der Waals surface area contributed by atoms with Gasteiger partial charge in [0.25, 0.3) is 0 Å². The molecule has 134 valence electrons. The van der Waals surface area contributed by atoms with Gasteiger partial charge in [0, 0.05) is 5.75 Å². The predicted octanol–water partition coefficient (Wildman–Crippen LogP) is 0.277. The van der Waals surface area contributed by atoms with E-state index in [4.69, 9.17) is 5.73 Å². The average molecular weight is 365 g/mol. The molecule has 2 rings (SSSR count). The van der Waals surface area contributed by atoms with Crippen molar-refractivity contribution in [3.63, 3.8) is 0 Å². The highest BCUT2D eigenvalue weighted by molar-refractivity contribution is 8.00. The van der Waals surface area contributed by atoms with E-state index in [1.807, 2.05) is 0 Å². The van der Waals surface area contributed by atoms with Crippen molar-refractivity contribution in [2.75, 3.05) is 5.75 Å². The van der Waals surface area contributed by atoms with Crippen LogP contribution in [0, 0.1) is 0 Å². The fourth-order valence-corrected chi connectivity index (χ4v) is 3.49. The molecule has 1 aliphatic rings. The molecule has 0 spiro atoms. The number of carboxylic acids is 2. The van der Waals surface area contributed by atoms with Crippen LogP contribution in [0.2, 0.25) is 0 Å². The van der Waals surface area contributed by atoms with Gasteiger partial charge in [-0.15, -0.1) is 11.8 Å². The molecule has 0 aromatic heterocycles. The SMILES string of the molecule is CC1=C(C(=O)O)N[C@@H]([C@H](NC(=O)[C@H](N)c2ccccc2)C(=O)O)SC1. The summed E-state index contributed by atoms with van der Waals surface area (Å²) >= 11 is 1.21. The summed E-state index contributed by atoms with van der Waals surface area (Å²) in [4.78, 5) is 35.1. The van der Waals surface area contributed by atoms with Crippen LogP contribution in [-0.2, 0) is 14.4 Å².